The maximum absolute atomic E-state index is 7.09. The fourth-order valence-corrected chi connectivity index (χ4v) is 20.5. The molecule has 4 heterocycles. The molecule has 0 aliphatic carbocycles. The molecule has 0 bridgehead atoms. The van der Waals surface area contributed by atoms with Gasteiger partial charge in [-0.05, 0) is 62.4 Å². The maximum Gasteiger partial charge on any atom is 2.00 e. The van der Waals surface area contributed by atoms with E-state index in [0.717, 1.165) is 0 Å². The van der Waals surface area contributed by atoms with Crippen molar-refractivity contribution in [2.24, 2.45) is 0 Å². The predicted molar refractivity (Wildman–Crippen MR) is 267 cm³/mol. The number of rotatable bonds is 4. The summed E-state index contributed by atoms with van der Waals surface area (Å²) in [6.45, 7) is 31.6. The third-order valence-electron chi connectivity index (χ3n) is 5.71. The Labute approximate surface area is 391 Å². The Kier molecular flexibility index (Phi) is 39.2. The molecule has 60 heavy (non-hydrogen) atoms. The number of nitrogens with zero attached hydrogens (tertiary/aromatic N) is 6. The van der Waals surface area contributed by atoms with E-state index >= 15 is 0 Å². The molecule has 326 valence electrons. The van der Waals surface area contributed by atoms with Gasteiger partial charge in [-0.3, -0.25) is 19.9 Å². The molecule has 0 saturated heterocycles. The van der Waals surface area contributed by atoms with Gasteiger partial charge in [0, 0.05) is 49.6 Å². The van der Waals surface area contributed by atoms with Crippen LogP contribution < -0.4 is 0 Å². The molecule has 2 N–H and O–H groups in total. The first-order valence-corrected chi connectivity index (χ1v) is 33.2. The number of aromatic nitrogens is 4. The van der Waals surface area contributed by atoms with Crippen LogP contribution in [0.15, 0.2) is 171 Å². The van der Waals surface area contributed by atoms with Gasteiger partial charge in [0.15, 0.2) is 0 Å². The van der Waals surface area contributed by atoms with Crippen molar-refractivity contribution in [2.45, 2.75) is 92.4 Å². The van der Waals surface area contributed by atoms with Crippen molar-refractivity contribution in [3.63, 3.8) is 0 Å². The van der Waals surface area contributed by atoms with Crippen LogP contribution in [0.5, 0.6) is 0 Å². The zero-order valence-corrected chi connectivity index (χ0v) is 45.0. The number of aryl methyl sites for hydroxylation is 2. The second kappa shape index (κ2) is 37.2. The second-order valence-corrected chi connectivity index (χ2v) is 35.9. The van der Waals surface area contributed by atoms with Crippen LogP contribution in [-0.4, -0.2) is 52.9 Å². The summed E-state index contributed by atoms with van der Waals surface area (Å²) in [4.78, 5) is 15.1. The Morgan fingerprint density at radius 1 is 0.317 bits per heavy atom. The maximum atomic E-state index is 7.09. The van der Waals surface area contributed by atoms with Crippen molar-refractivity contribution in [1.82, 2.24) is 19.9 Å². The summed E-state index contributed by atoms with van der Waals surface area (Å²) in [5.41, 5.74) is 17.8. The number of hydrogen-bond acceptors (Lipinski definition) is 4. The Morgan fingerprint density at radius 2 is 0.483 bits per heavy atom. The standard InChI is InChI=1S/2C7H8N.2C6H18NSi2.4C5H5N.2Mn/c2*1-6-2-4-7(8)5-3-6;2*1-8(2,3)7-9(4,5)6;4*1-2-4-6-5-3-1;;/h2*2-5,8H,1H3;2*1-6H3;4*1-5H;;/q4*-1;;;;;2*+2. The molecule has 14 heteroatoms. The van der Waals surface area contributed by atoms with Gasteiger partial charge in [0.1, 0.15) is 0 Å². The van der Waals surface area contributed by atoms with Gasteiger partial charge in [0.25, 0.3) is 0 Å². The Morgan fingerprint density at radius 3 is 0.550 bits per heavy atom. The number of hydrogen-bond donors (Lipinski definition) is 0. The van der Waals surface area contributed by atoms with E-state index in [1.54, 1.807) is 73.8 Å². The van der Waals surface area contributed by atoms with Crippen LogP contribution in [0.25, 0.3) is 20.8 Å². The van der Waals surface area contributed by atoms with Gasteiger partial charge < -0.3 is 20.8 Å². The molecule has 0 aliphatic rings. The molecular weight excluding hydrogens is 887 g/mol. The van der Waals surface area contributed by atoms with Gasteiger partial charge in [-0.25, -0.2) is 0 Å². The normalized spacial score (nSPS) is 9.83. The molecule has 6 aromatic rings. The summed E-state index contributed by atoms with van der Waals surface area (Å²) in [5.74, 6) is 0. The van der Waals surface area contributed by atoms with Crippen LogP contribution in [0.4, 0.5) is 11.4 Å². The van der Waals surface area contributed by atoms with Gasteiger partial charge in [0.2, 0.25) is 0 Å². The Hall–Kier alpha value is -3.53. The van der Waals surface area contributed by atoms with E-state index in [0.29, 0.717) is 11.4 Å². The smallest absolute Gasteiger partial charge is 0.699 e. The van der Waals surface area contributed by atoms with Gasteiger partial charge in [-0.1, -0.05) is 195 Å². The summed E-state index contributed by atoms with van der Waals surface area (Å²) < 4.78 is 9.64. The Balaban J connectivity index is -0.000000298. The topological polar surface area (TPSA) is 127 Å². The van der Waals surface area contributed by atoms with Crippen molar-refractivity contribution >= 4 is 44.3 Å². The van der Waals surface area contributed by atoms with E-state index in [1.165, 1.54) is 11.1 Å². The van der Waals surface area contributed by atoms with Crippen LogP contribution in [0, 0.1) is 13.8 Å². The molecule has 0 atom stereocenters. The summed E-state index contributed by atoms with van der Waals surface area (Å²) >= 11 is 0. The SMILES string of the molecule is C[Si](C)(C)[N-][Si](C)(C)C.C[Si](C)(C)[N-][Si](C)(C)C.Cc1ccc([NH-])cc1.Cc1ccc([NH-])cc1.[Mn+2].[Mn+2].c1ccncc1.c1ccncc1.c1ccncc1.c1ccncc1. The quantitative estimate of drug-likeness (QED) is 0.163. The Bertz CT molecular complexity index is 1350. The molecule has 0 fully saturated rings. The molecule has 0 aliphatic heterocycles. The molecule has 8 nitrogen and oxygen atoms in total. The average molecular weight is 959 g/mol. The largest absolute Gasteiger partial charge is 2.00 e. The van der Waals surface area contributed by atoms with Gasteiger partial charge >= 0.3 is 34.1 Å². The first-order valence-electron chi connectivity index (χ1n) is 19.4. The van der Waals surface area contributed by atoms with Crippen molar-refractivity contribution in [1.29, 1.82) is 0 Å². The predicted octanol–water partition coefficient (Wildman–Crippen LogP) is 15.7. The molecule has 6 rings (SSSR count). The summed E-state index contributed by atoms with van der Waals surface area (Å²) in [6.07, 6.45) is 14.0. The zero-order chi connectivity index (χ0) is 44.4. The van der Waals surface area contributed by atoms with Crippen molar-refractivity contribution in [3.05, 3.63) is 203 Å². The van der Waals surface area contributed by atoms with Crippen molar-refractivity contribution in [2.75, 3.05) is 0 Å². The third-order valence-corrected chi connectivity index (χ3v) is 16.4. The van der Waals surface area contributed by atoms with Crippen LogP contribution >= 0.6 is 0 Å². The van der Waals surface area contributed by atoms with Crippen LogP contribution in [0.2, 0.25) is 78.6 Å². The van der Waals surface area contributed by atoms with E-state index < -0.39 is 32.9 Å². The molecule has 2 radical (unpaired) electrons. The van der Waals surface area contributed by atoms with E-state index in [2.05, 4.69) is 98.5 Å². The minimum absolute atomic E-state index is 0. The van der Waals surface area contributed by atoms with Crippen LogP contribution in [-0.2, 0) is 34.1 Å². The zero-order valence-electron chi connectivity index (χ0n) is 38.6. The van der Waals surface area contributed by atoms with E-state index in [-0.39, 0.29) is 34.1 Å². The average Bonchev–Trinajstić information content (AvgIpc) is 3.16. The van der Waals surface area contributed by atoms with E-state index in [4.69, 9.17) is 20.8 Å². The van der Waals surface area contributed by atoms with E-state index in [1.807, 2.05) is 111 Å². The van der Waals surface area contributed by atoms with E-state index in [9.17, 15) is 0 Å². The second-order valence-electron chi connectivity index (χ2n) is 16.7. The molecule has 0 amide bonds. The van der Waals surface area contributed by atoms with Crippen LogP contribution in [0.3, 0.4) is 0 Å². The number of pyridine rings is 4. The molecule has 0 saturated carbocycles. The minimum atomic E-state index is -1.11. The third kappa shape index (κ3) is 56.6. The van der Waals surface area contributed by atoms with Crippen molar-refractivity contribution < 1.29 is 34.1 Å². The summed E-state index contributed by atoms with van der Waals surface area (Å²) in [7, 11) is -4.42. The number of benzene rings is 2. The van der Waals surface area contributed by atoms with Gasteiger partial charge in [-0.2, -0.15) is 0 Å². The first kappa shape index (κ1) is 63.1. The molecule has 4 aromatic heterocycles. The minimum Gasteiger partial charge on any atom is -0.699 e. The molecule has 0 spiro atoms. The molecular formula is C46H72Mn2N8Si4. The fourth-order valence-electron chi connectivity index (χ4n) is 4.37. The van der Waals surface area contributed by atoms with Gasteiger partial charge in [0.05, 0.1) is 0 Å². The first-order chi connectivity index (χ1) is 27.0. The fraction of sp³-hybridized carbons (Fsp3) is 0.304. The summed E-state index contributed by atoms with van der Waals surface area (Å²) in [6, 6.07) is 37.7. The molecule has 0 unspecified atom stereocenters. The monoisotopic (exact) mass is 958 g/mol. The summed E-state index contributed by atoms with van der Waals surface area (Å²) in [5, 5.41) is 0. The molecule has 2 aromatic carbocycles. The van der Waals surface area contributed by atoms with Crippen molar-refractivity contribution in [3.8, 4) is 0 Å². The number of nitrogens with one attached hydrogen (secondary N) is 2. The van der Waals surface area contributed by atoms with Crippen LogP contribution in [0.1, 0.15) is 11.1 Å². The van der Waals surface area contributed by atoms with Gasteiger partial charge in [-0.15, -0.1) is 11.4 Å².